The minimum atomic E-state index is 0.121. The topological polar surface area (TPSA) is 20.3 Å². The molecule has 0 saturated heterocycles. The summed E-state index contributed by atoms with van der Waals surface area (Å²) in [6.45, 7) is 4.32. The highest BCUT2D eigenvalue weighted by atomic mass is 16.2. The van der Waals surface area contributed by atoms with E-state index in [2.05, 4.69) is 18.7 Å². The third-order valence-electron chi connectivity index (χ3n) is 3.26. The molecule has 0 unspecified atom stereocenters. The smallest absolute Gasteiger partial charge is 0.230 e. The van der Waals surface area contributed by atoms with E-state index in [-0.39, 0.29) is 11.8 Å². The summed E-state index contributed by atoms with van der Waals surface area (Å²) in [5.74, 6) is 0.334. The number of benzene rings is 1. The molecule has 1 aliphatic carbocycles. The zero-order chi connectivity index (χ0) is 12.8. The van der Waals surface area contributed by atoms with E-state index in [1.54, 1.807) is 6.08 Å². The number of nitrogens with zero attached hydrogens (tertiary/aromatic N) is 1. The molecular formula is C16H19NO. The van der Waals surface area contributed by atoms with Gasteiger partial charge in [-0.25, -0.2) is 0 Å². The van der Waals surface area contributed by atoms with E-state index < -0.39 is 0 Å². The van der Waals surface area contributed by atoms with Crippen molar-refractivity contribution in [1.82, 2.24) is 0 Å². The molecule has 0 saturated carbocycles. The van der Waals surface area contributed by atoms with Crippen LogP contribution in [0, 0.1) is 5.92 Å². The lowest BCUT2D eigenvalue weighted by Gasteiger charge is -2.27. The zero-order valence-electron chi connectivity index (χ0n) is 10.6. The molecule has 0 radical (unpaired) electrons. The van der Waals surface area contributed by atoms with Gasteiger partial charge in [0.25, 0.3) is 0 Å². The highest BCUT2D eigenvalue weighted by Gasteiger charge is 2.24. The van der Waals surface area contributed by atoms with Gasteiger partial charge in [0.1, 0.15) is 0 Å². The lowest BCUT2D eigenvalue weighted by molar-refractivity contribution is -0.122. The van der Waals surface area contributed by atoms with Gasteiger partial charge in [-0.2, -0.15) is 0 Å². The average molecular weight is 241 g/mol. The summed E-state index contributed by atoms with van der Waals surface area (Å²) in [4.78, 5) is 14.4. The lowest BCUT2D eigenvalue weighted by Crippen LogP contribution is -2.36. The van der Waals surface area contributed by atoms with Crippen LogP contribution in [-0.2, 0) is 4.79 Å². The Labute approximate surface area is 109 Å². The summed E-state index contributed by atoms with van der Waals surface area (Å²) in [6.07, 6.45) is 8.87. The summed E-state index contributed by atoms with van der Waals surface area (Å²) >= 11 is 0. The summed E-state index contributed by atoms with van der Waals surface area (Å²) in [5.41, 5.74) is 0.956. The molecule has 1 aromatic carbocycles. The molecular weight excluding hydrogens is 222 g/mol. The molecule has 0 heterocycles. The van der Waals surface area contributed by atoms with Crippen molar-refractivity contribution in [3.8, 4) is 0 Å². The molecule has 2 nitrogen and oxygen atoms in total. The Balaban J connectivity index is 2.17. The number of anilines is 1. The first-order chi connectivity index (χ1) is 8.83. The maximum absolute atomic E-state index is 12.5. The maximum atomic E-state index is 12.5. The average Bonchev–Trinajstić information content (AvgIpc) is 2.46. The van der Waals surface area contributed by atoms with Crippen LogP contribution in [-0.4, -0.2) is 12.5 Å². The largest absolute Gasteiger partial charge is 0.308 e. The van der Waals surface area contributed by atoms with Crippen molar-refractivity contribution < 1.29 is 4.79 Å². The number of carbonyl (C=O) groups is 1. The fraction of sp³-hybridized carbons (Fsp3) is 0.312. The number of hydrogen-bond acceptors (Lipinski definition) is 1. The summed E-state index contributed by atoms with van der Waals surface area (Å²) in [6, 6.07) is 9.82. The van der Waals surface area contributed by atoms with E-state index in [1.807, 2.05) is 35.2 Å². The highest BCUT2D eigenvalue weighted by Crippen LogP contribution is 2.24. The van der Waals surface area contributed by atoms with E-state index in [0.717, 1.165) is 24.9 Å². The third kappa shape index (κ3) is 2.89. The van der Waals surface area contributed by atoms with Gasteiger partial charge in [0.15, 0.2) is 0 Å². The molecule has 18 heavy (non-hydrogen) atoms. The number of para-hydroxylation sites is 1. The quantitative estimate of drug-likeness (QED) is 0.738. The van der Waals surface area contributed by atoms with E-state index >= 15 is 0 Å². The molecule has 0 fully saturated rings. The van der Waals surface area contributed by atoms with Gasteiger partial charge in [0, 0.05) is 18.2 Å². The normalized spacial score (nSPS) is 18.3. The van der Waals surface area contributed by atoms with Crippen molar-refractivity contribution in [3.63, 3.8) is 0 Å². The Kier molecular flexibility index (Phi) is 4.35. The Morgan fingerprint density at radius 1 is 1.33 bits per heavy atom. The van der Waals surface area contributed by atoms with Crippen molar-refractivity contribution in [2.24, 2.45) is 5.92 Å². The van der Waals surface area contributed by atoms with Crippen LogP contribution in [0.2, 0.25) is 0 Å². The van der Waals surface area contributed by atoms with Gasteiger partial charge in [-0.15, -0.1) is 6.58 Å². The number of allylic oxidation sites excluding steroid dienone is 2. The van der Waals surface area contributed by atoms with Crippen LogP contribution in [0.5, 0.6) is 0 Å². The van der Waals surface area contributed by atoms with E-state index in [9.17, 15) is 4.79 Å². The van der Waals surface area contributed by atoms with Gasteiger partial charge in [-0.1, -0.05) is 36.4 Å². The van der Waals surface area contributed by atoms with Gasteiger partial charge < -0.3 is 4.90 Å². The number of rotatable bonds is 4. The molecule has 94 valence electrons. The fourth-order valence-corrected chi connectivity index (χ4v) is 2.30. The predicted molar refractivity (Wildman–Crippen MR) is 75.5 cm³/mol. The monoisotopic (exact) mass is 241 g/mol. The molecule has 0 bridgehead atoms. The molecule has 0 spiro atoms. The van der Waals surface area contributed by atoms with Crippen LogP contribution in [0.15, 0.2) is 55.1 Å². The molecule has 1 aromatic rings. The Hall–Kier alpha value is -1.83. The Bertz CT molecular complexity index is 436. The number of hydrogen-bond donors (Lipinski definition) is 0. The van der Waals surface area contributed by atoms with E-state index in [0.29, 0.717) is 6.54 Å². The van der Waals surface area contributed by atoms with E-state index in [1.165, 1.54) is 0 Å². The van der Waals surface area contributed by atoms with Crippen LogP contribution in [0.25, 0.3) is 0 Å². The van der Waals surface area contributed by atoms with Gasteiger partial charge >= 0.3 is 0 Å². The number of carbonyl (C=O) groups excluding carboxylic acids is 1. The van der Waals surface area contributed by atoms with Crippen molar-refractivity contribution in [3.05, 3.63) is 55.1 Å². The molecule has 2 heteroatoms. The van der Waals surface area contributed by atoms with Gasteiger partial charge in [0.2, 0.25) is 5.91 Å². The van der Waals surface area contributed by atoms with Crippen LogP contribution >= 0.6 is 0 Å². The molecule has 0 N–H and O–H groups in total. The second kappa shape index (κ2) is 6.20. The maximum Gasteiger partial charge on any atom is 0.230 e. The minimum Gasteiger partial charge on any atom is -0.308 e. The standard InChI is InChI=1S/C16H19NO/c1-2-13-17(15-11-7-4-8-12-15)16(18)14-9-5-3-6-10-14/h2-5,7-8,11-12,14H,1,6,9-10,13H2/t14-/m0/s1. The third-order valence-corrected chi connectivity index (χ3v) is 3.26. The van der Waals surface area contributed by atoms with Gasteiger partial charge in [-0.3, -0.25) is 4.79 Å². The SMILES string of the molecule is C=CCN(C(=O)[C@H]1CC=CCC1)c1ccccc1. The first-order valence-electron chi connectivity index (χ1n) is 6.45. The molecule has 0 aliphatic heterocycles. The van der Waals surface area contributed by atoms with Crippen molar-refractivity contribution in [1.29, 1.82) is 0 Å². The van der Waals surface area contributed by atoms with Crippen molar-refractivity contribution in [2.75, 3.05) is 11.4 Å². The Morgan fingerprint density at radius 3 is 2.72 bits per heavy atom. The number of amides is 1. The van der Waals surface area contributed by atoms with E-state index in [4.69, 9.17) is 0 Å². The first kappa shape index (κ1) is 12.6. The van der Waals surface area contributed by atoms with Crippen LogP contribution in [0.1, 0.15) is 19.3 Å². The lowest BCUT2D eigenvalue weighted by atomic mass is 9.93. The van der Waals surface area contributed by atoms with Crippen LogP contribution in [0.4, 0.5) is 5.69 Å². The molecule has 0 aromatic heterocycles. The second-order valence-corrected chi connectivity index (χ2v) is 4.55. The van der Waals surface area contributed by atoms with Gasteiger partial charge in [-0.05, 0) is 31.4 Å². The van der Waals surface area contributed by atoms with Gasteiger partial charge in [0.05, 0.1) is 0 Å². The second-order valence-electron chi connectivity index (χ2n) is 4.55. The van der Waals surface area contributed by atoms with Crippen LogP contribution in [0.3, 0.4) is 0 Å². The van der Waals surface area contributed by atoms with Crippen LogP contribution < -0.4 is 4.90 Å². The highest BCUT2D eigenvalue weighted by molar-refractivity contribution is 5.95. The summed E-state index contributed by atoms with van der Waals surface area (Å²) in [7, 11) is 0. The summed E-state index contributed by atoms with van der Waals surface area (Å²) in [5, 5.41) is 0. The fourth-order valence-electron chi connectivity index (χ4n) is 2.30. The molecule has 1 atom stereocenters. The summed E-state index contributed by atoms with van der Waals surface area (Å²) < 4.78 is 0. The molecule has 2 rings (SSSR count). The minimum absolute atomic E-state index is 0.121. The van der Waals surface area contributed by atoms with Crippen molar-refractivity contribution >= 4 is 11.6 Å². The predicted octanol–water partition coefficient (Wildman–Crippen LogP) is 3.56. The Morgan fingerprint density at radius 2 is 2.11 bits per heavy atom. The molecule has 1 amide bonds. The van der Waals surface area contributed by atoms with Crippen molar-refractivity contribution in [2.45, 2.75) is 19.3 Å². The zero-order valence-corrected chi connectivity index (χ0v) is 10.6. The molecule has 1 aliphatic rings. The first-order valence-corrected chi connectivity index (χ1v) is 6.45.